The first kappa shape index (κ1) is 37.4. The van der Waals surface area contributed by atoms with Crippen LogP contribution in [0.15, 0.2) is 60.3 Å². The number of alkyl halides is 3. The average molecular weight is 719 g/mol. The number of hydrogen-bond donors (Lipinski definition) is 1. The predicted octanol–water partition coefficient (Wildman–Crippen LogP) is 8.11. The van der Waals surface area contributed by atoms with Crippen LogP contribution < -0.4 is 10.1 Å². The quantitative estimate of drug-likeness (QED) is 0.142. The molecule has 13 heteroatoms. The number of hydrogen-bond acceptors (Lipinski definition) is 6. The molecule has 1 fully saturated rings. The number of amides is 1. The predicted molar refractivity (Wildman–Crippen MR) is 182 cm³/mol. The summed E-state index contributed by atoms with van der Waals surface area (Å²) in [7, 11) is 0. The lowest BCUT2D eigenvalue weighted by Gasteiger charge is -2.42. The van der Waals surface area contributed by atoms with E-state index in [1.165, 1.54) is 36.4 Å². The number of halogens is 6. The first-order valence-electron chi connectivity index (χ1n) is 16.8. The second-order valence-corrected chi connectivity index (χ2v) is 13.3. The van der Waals surface area contributed by atoms with Crippen LogP contribution in [0.3, 0.4) is 0 Å². The molecule has 0 bridgehead atoms. The fraction of sp³-hybridized carbons (Fsp3) is 0.432. The number of rotatable bonds is 13. The van der Waals surface area contributed by atoms with Crippen LogP contribution in [0.5, 0.6) is 5.75 Å². The van der Waals surface area contributed by atoms with Gasteiger partial charge in [-0.1, -0.05) is 37.6 Å². The van der Waals surface area contributed by atoms with Crippen molar-refractivity contribution in [3.63, 3.8) is 0 Å². The van der Waals surface area contributed by atoms with Gasteiger partial charge in [0.2, 0.25) is 5.82 Å². The smallest absolute Gasteiger partial charge is 0.433 e. The highest BCUT2D eigenvalue weighted by Crippen LogP contribution is 2.40. The van der Waals surface area contributed by atoms with E-state index < -0.39 is 46.8 Å². The molecule has 1 saturated heterocycles. The average Bonchev–Trinajstić information content (AvgIpc) is 3.47. The Morgan fingerprint density at radius 2 is 1.82 bits per heavy atom. The molecule has 0 saturated carbocycles. The van der Waals surface area contributed by atoms with Crippen molar-refractivity contribution in [2.75, 3.05) is 38.1 Å². The highest BCUT2D eigenvalue weighted by Gasteiger charge is 2.48. The number of anilines is 1. The lowest BCUT2D eigenvalue weighted by molar-refractivity contribution is -0.141. The lowest BCUT2D eigenvalue weighted by Crippen LogP contribution is -2.56. The van der Waals surface area contributed by atoms with Crippen molar-refractivity contribution in [3.05, 3.63) is 88.2 Å². The van der Waals surface area contributed by atoms with Gasteiger partial charge in [-0.05, 0) is 101 Å². The zero-order valence-corrected chi connectivity index (χ0v) is 28.9. The van der Waals surface area contributed by atoms with Gasteiger partial charge in [0.1, 0.15) is 12.3 Å². The van der Waals surface area contributed by atoms with Crippen LogP contribution in [0.1, 0.15) is 57.7 Å². The molecule has 2 aliphatic rings. The summed E-state index contributed by atoms with van der Waals surface area (Å²) in [5.74, 6) is -3.74. The molecule has 2 atom stereocenters. The topological polar surface area (TPSA) is 74.8 Å². The summed E-state index contributed by atoms with van der Waals surface area (Å²) in [6, 6.07) is 8.32. The largest absolute Gasteiger partial charge is 0.489 e. The third-order valence-corrected chi connectivity index (χ3v) is 9.50. The molecule has 50 heavy (non-hydrogen) atoms. The van der Waals surface area contributed by atoms with Gasteiger partial charge in [0.25, 0.3) is 5.91 Å². The van der Waals surface area contributed by atoms with Gasteiger partial charge < -0.3 is 10.1 Å². The van der Waals surface area contributed by atoms with Crippen LogP contribution in [-0.2, 0) is 22.2 Å². The van der Waals surface area contributed by atoms with Gasteiger partial charge >= 0.3 is 6.18 Å². The summed E-state index contributed by atoms with van der Waals surface area (Å²) in [5.41, 5.74) is -1.19. The van der Waals surface area contributed by atoms with E-state index in [0.29, 0.717) is 25.1 Å². The maximum atomic E-state index is 15.5. The van der Waals surface area contributed by atoms with E-state index >= 15 is 8.78 Å². The number of pyridine rings is 1. The molecule has 3 aromatic rings. The fourth-order valence-corrected chi connectivity index (χ4v) is 7.01. The number of ether oxygens (including phenoxy) is 1. The summed E-state index contributed by atoms with van der Waals surface area (Å²) in [6.07, 6.45) is 1.12. The van der Waals surface area contributed by atoms with E-state index in [-0.39, 0.29) is 46.2 Å². The van der Waals surface area contributed by atoms with Crippen molar-refractivity contribution < 1.29 is 36.3 Å². The van der Waals surface area contributed by atoms with Crippen LogP contribution in [-0.4, -0.2) is 70.8 Å². The van der Waals surface area contributed by atoms with Gasteiger partial charge in [-0.2, -0.15) is 17.6 Å². The summed E-state index contributed by atoms with van der Waals surface area (Å²) < 4.78 is 75.7. The van der Waals surface area contributed by atoms with Crippen molar-refractivity contribution in [2.24, 2.45) is 0 Å². The Hall–Kier alpha value is -3.87. The van der Waals surface area contributed by atoms with E-state index in [1.807, 2.05) is 11.8 Å². The minimum absolute atomic E-state index is 0.0162. The second-order valence-electron chi connectivity index (χ2n) is 12.9. The number of fused-ring (bicyclic) bond motifs is 1. The van der Waals surface area contributed by atoms with Crippen LogP contribution >= 0.6 is 11.6 Å². The van der Waals surface area contributed by atoms with Crippen molar-refractivity contribution >= 4 is 29.0 Å². The Labute approximate surface area is 293 Å². The van der Waals surface area contributed by atoms with E-state index in [9.17, 15) is 22.8 Å². The molecule has 5 rings (SSSR count). The van der Waals surface area contributed by atoms with Crippen LogP contribution in [0.4, 0.5) is 27.6 Å². The molecule has 1 amide bonds. The van der Waals surface area contributed by atoms with Crippen molar-refractivity contribution in [2.45, 2.75) is 70.6 Å². The Morgan fingerprint density at radius 3 is 2.48 bits per heavy atom. The molecule has 0 radical (unpaired) electrons. The molecule has 3 heterocycles. The maximum Gasteiger partial charge on any atom is 0.433 e. The highest BCUT2D eigenvalue weighted by molar-refractivity contribution is 6.31. The van der Waals surface area contributed by atoms with Gasteiger partial charge in [-0.25, -0.2) is 4.39 Å². The van der Waals surface area contributed by atoms with Gasteiger partial charge in [0, 0.05) is 40.1 Å². The molecule has 1 N–H and O–H groups in total. The van der Waals surface area contributed by atoms with E-state index in [4.69, 9.17) is 16.3 Å². The number of nitrogens with one attached hydrogen (secondary N) is 1. The number of ketones is 1. The molecular formula is C37H40ClF5N4O3. The Kier molecular flexibility index (Phi) is 11.6. The van der Waals surface area contributed by atoms with Crippen LogP contribution in [0, 0.1) is 11.6 Å². The van der Waals surface area contributed by atoms with Gasteiger partial charge in [0.15, 0.2) is 17.3 Å². The molecule has 2 aliphatic heterocycles. The molecule has 2 aromatic carbocycles. The monoisotopic (exact) mass is 718 g/mol. The molecule has 268 valence electrons. The first-order chi connectivity index (χ1) is 23.8. The zero-order valence-electron chi connectivity index (χ0n) is 28.2. The standard InChI is InChI=1S/C37H40ClF5N4O3/c1-4-14-46(15-5-2)17-18-50-30-11-7-23(32(39)33(30)40)19-29-34(48)27(21-36(3)13-6-16-47(29)36)35(49)45-28-10-9-25(38)20-26(28)24-8-12-31(44-22-24)37(41,42)43/h7-12,20-22,29H,4-6,13-19H2,1-3H3,(H,45,49)/t29-,36?/m0/s1. The van der Waals surface area contributed by atoms with E-state index in [1.54, 1.807) is 6.08 Å². The molecule has 1 unspecified atom stereocenters. The van der Waals surface area contributed by atoms with Crippen LogP contribution in [0.2, 0.25) is 5.02 Å². The maximum absolute atomic E-state index is 15.5. The third kappa shape index (κ3) is 8.19. The number of carbonyl (C=O) groups excluding carboxylic acids is 2. The summed E-state index contributed by atoms with van der Waals surface area (Å²) >= 11 is 6.20. The number of benzene rings is 2. The normalized spacial score (nSPS) is 19.4. The van der Waals surface area contributed by atoms with Gasteiger partial charge in [-0.3, -0.25) is 24.4 Å². The number of carbonyl (C=O) groups is 2. The molecule has 1 aromatic heterocycles. The SMILES string of the molecule is CCCN(CCC)CCOc1ccc(C[C@H]2C(=O)C(C(=O)Nc3ccc(Cl)cc3-c3ccc(C(F)(F)F)nc3)=CC3(C)CCCN23)c(F)c1F. The molecule has 0 aliphatic carbocycles. The Morgan fingerprint density at radius 1 is 1.08 bits per heavy atom. The molecule has 0 spiro atoms. The van der Waals surface area contributed by atoms with Crippen LogP contribution in [0.25, 0.3) is 11.1 Å². The minimum atomic E-state index is -4.63. The van der Waals surface area contributed by atoms with Crippen molar-refractivity contribution in [1.29, 1.82) is 0 Å². The Balaban J connectivity index is 1.36. The first-order valence-corrected chi connectivity index (χ1v) is 17.1. The number of nitrogens with zero attached hydrogens (tertiary/aromatic N) is 3. The highest BCUT2D eigenvalue weighted by atomic mass is 35.5. The lowest BCUT2D eigenvalue weighted by atomic mass is 9.83. The Bertz CT molecular complexity index is 1740. The van der Waals surface area contributed by atoms with Crippen molar-refractivity contribution in [1.82, 2.24) is 14.8 Å². The van der Waals surface area contributed by atoms with E-state index in [0.717, 1.165) is 44.6 Å². The van der Waals surface area contributed by atoms with Crippen molar-refractivity contribution in [3.8, 4) is 16.9 Å². The fourth-order valence-electron chi connectivity index (χ4n) is 6.83. The summed E-state index contributed by atoms with van der Waals surface area (Å²) in [4.78, 5) is 35.4. The third-order valence-electron chi connectivity index (χ3n) is 9.26. The molecule has 7 nitrogen and oxygen atoms in total. The zero-order chi connectivity index (χ0) is 36.2. The number of aromatic nitrogens is 1. The second kappa shape index (κ2) is 15.6. The van der Waals surface area contributed by atoms with Gasteiger partial charge in [-0.15, -0.1) is 0 Å². The van der Waals surface area contributed by atoms with E-state index in [2.05, 4.69) is 29.0 Å². The summed E-state index contributed by atoms with van der Waals surface area (Å²) in [6.45, 7) is 9.09. The molecular weight excluding hydrogens is 679 g/mol. The minimum Gasteiger partial charge on any atom is -0.489 e. The summed E-state index contributed by atoms with van der Waals surface area (Å²) in [5, 5.41) is 2.99. The number of Topliss-reactive ketones (excluding diaryl/α,β-unsaturated/α-hetero) is 1. The van der Waals surface area contributed by atoms with Gasteiger partial charge in [0.05, 0.1) is 11.6 Å².